The number of rotatable bonds is 4. The first-order valence-corrected chi connectivity index (χ1v) is 8.34. The Morgan fingerprint density at radius 2 is 2.29 bits per heavy atom. The van der Waals surface area contributed by atoms with Crippen molar-refractivity contribution in [1.82, 2.24) is 10.0 Å². The lowest BCUT2D eigenvalue weighted by atomic mass is 9.95. The van der Waals surface area contributed by atoms with Crippen LogP contribution < -0.4 is 15.2 Å². The van der Waals surface area contributed by atoms with Gasteiger partial charge >= 0.3 is 0 Å². The lowest BCUT2D eigenvalue weighted by molar-refractivity contribution is 0.0322. The van der Waals surface area contributed by atoms with Gasteiger partial charge in [-0.1, -0.05) is 17.7 Å². The molecule has 1 fully saturated rings. The molecule has 0 spiro atoms. The van der Waals surface area contributed by atoms with Crippen molar-refractivity contribution in [2.24, 2.45) is 11.1 Å². The summed E-state index contributed by atoms with van der Waals surface area (Å²) in [5.74, 6) is -0.696. The minimum Gasteiger partial charge on any atom is -0.372 e. The van der Waals surface area contributed by atoms with Gasteiger partial charge in [-0.05, 0) is 17.7 Å². The summed E-state index contributed by atoms with van der Waals surface area (Å²) in [4.78, 5) is 0. The number of halogens is 2. The first kappa shape index (κ1) is 16.6. The number of benzene rings is 1. The maximum atomic E-state index is 13.3. The van der Waals surface area contributed by atoms with E-state index in [1.165, 1.54) is 12.1 Å². The molecule has 1 aromatic rings. The molecular weight excluding hydrogens is 321 g/mol. The number of hydrogen-bond acceptors (Lipinski definition) is 4. The molecule has 2 rings (SSSR count). The molecule has 21 heavy (non-hydrogen) atoms. The van der Waals surface area contributed by atoms with E-state index in [9.17, 15) is 12.8 Å². The monoisotopic (exact) mass is 337 g/mol. The van der Waals surface area contributed by atoms with Gasteiger partial charge in [-0.3, -0.25) is 0 Å². The molecule has 0 unspecified atom stereocenters. The van der Waals surface area contributed by atoms with E-state index in [0.717, 1.165) is 0 Å². The molecule has 2 atom stereocenters. The van der Waals surface area contributed by atoms with Crippen LogP contribution in [0.2, 0.25) is 5.02 Å². The molecule has 6 nitrogen and oxygen atoms in total. The van der Waals surface area contributed by atoms with Gasteiger partial charge in [0.15, 0.2) is 0 Å². The molecule has 0 radical (unpaired) electrons. The molecule has 0 aliphatic carbocycles. The molecular formula is C12H17ClFN3O3S. The minimum atomic E-state index is -3.78. The van der Waals surface area contributed by atoms with Crippen molar-refractivity contribution in [3.63, 3.8) is 0 Å². The summed E-state index contributed by atoms with van der Waals surface area (Å²) in [7, 11) is -3.78. The van der Waals surface area contributed by atoms with Crippen LogP contribution in [0.1, 0.15) is 11.7 Å². The quantitative estimate of drug-likeness (QED) is 0.748. The standard InChI is InChI=1S/C12H17ClFN3O3S/c13-10-5-8(1-2-11(10)14)12-9(6-16-3-4-20-12)7-17-21(15,18)19/h1-2,5,9,12,16-17H,3-4,6-7H2,(H2,15,18,19)/t9-,12-/m1/s1. The highest BCUT2D eigenvalue weighted by Crippen LogP contribution is 2.29. The molecule has 9 heteroatoms. The third kappa shape index (κ3) is 4.87. The topological polar surface area (TPSA) is 93.5 Å². The summed E-state index contributed by atoms with van der Waals surface area (Å²) in [6, 6.07) is 4.35. The van der Waals surface area contributed by atoms with E-state index in [4.69, 9.17) is 21.5 Å². The Bertz CT molecular complexity index is 599. The van der Waals surface area contributed by atoms with Gasteiger partial charge in [-0.25, -0.2) is 14.3 Å². The van der Waals surface area contributed by atoms with Gasteiger partial charge in [-0.2, -0.15) is 8.42 Å². The van der Waals surface area contributed by atoms with Crippen LogP contribution >= 0.6 is 11.6 Å². The molecule has 1 aliphatic rings. The average Bonchev–Trinajstić information content (AvgIpc) is 2.64. The summed E-state index contributed by atoms with van der Waals surface area (Å²) in [5.41, 5.74) is 0.700. The predicted molar refractivity (Wildman–Crippen MR) is 77.6 cm³/mol. The summed E-state index contributed by atoms with van der Waals surface area (Å²) >= 11 is 5.79. The molecule has 118 valence electrons. The van der Waals surface area contributed by atoms with E-state index in [-0.39, 0.29) is 17.5 Å². The van der Waals surface area contributed by atoms with E-state index >= 15 is 0 Å². The SMILES string of the molecule is NS(=O)(=O)NC[C@H]1CNCCO[C@@H]1c1ccc(F)c(Cl)c1. The number of nitrogens with one attached hydrogen (secondary N) is 2. The number of hydrogen-bond donors (Lipinski definition) is 3. The van der Waals surface area contributed by atoms with Crippen molar-refractivity contribution in [2.45, 2.75) is 6.10 Å². The summed E-state index contributed by atoms with van der Waals surface area (Å²) < 4.78 is 43.3. The molecule has 0 amide bonds. The minimum absolute atomic E-state index is 0.00598. The smallest absolute Gasteiger partial charge is 0.274 e. The second-order valence-corrected chi connectivity index (χ2v) is 6.61. The summed E-state index contributed by atoms with van der Waals surface area (Å²) in [6.45, 7) is 1.77. The molecule has 4 N–H and O–H groups in total. The average molecular weight is 338 g/mol. The maximum absolute atomic E-state index is 13.3. The fourth-order valence-corrected chi connectivity index (χ4v) is 2.88. The van der Waals surface area contributed by atoms with Gasteiger partial charge in [-0.15, -0.1) is 0 Å². The first-order valence-electron chi connectivity index (χ1n) is 6.41. The summed E-state index contributed by atoms with van der Waals surface area (Å²) in [5, 5.41) is 8.11. The maximum Gasteiger partial charge on any atom is 0.274 e. The molecule has 1 saturated heterocycles. The molecule has 1 aromatic carbocycles. The van der Waals surface area contributed by atoms with Crippen molar-refractivity contribution in [2.75, 3.05) is 26.2 Å². The van der Waals surface area contributed by atoms with Crippen LogP contribution in [0, 0.1) is 11.7 Å². The highest BCUT2D eigenvalue weighted by Gasteiger charge is 2.27. The van der Waals surface area contributed by atoms with Gasteiger partial charge in [0.05, 0.1) is 17.7 Å². The molecule has 0 aromatic heterocycles. The van der Waals surface area contributed by atoms with Crippen LogP contribution in [-0.4, -0.2) is 34.7 Å². The van der Waals surface area contributed by atoms with Crippen LogP contribution in [-0.2, 0) is 14.9 Å². The Hall–Kier alpha value is -0.770. The van der Waals surface area contributed by atoms with Crippen molar-refractivity contribution < 1.29 is 17.5 Å². The van der Waals surface area contributed by atoms with E-state index in [1.807, 2.05) is 0 Å². The van der Waals surface area contributed by atoms with E-state index in [0.29, 0.717) is 25.3 Å². The van der Waals surface area contributed by atoms with Crippen LogP contribution in [0.4, 0.5) is 4.39 Å². The van der Waals surface area contributed by atoms with Gasteiger partial charge in [0, 0.05) is 25.6 Å². The van der Waals surface area contributed by atoms with Crippen LogP contribution in [0.15, 0.2) is 18.2 Å². The Kier molecular flexibility index (Phi) is 5.53. The van der Waals surface area contributed by atoms with Gasteiger partial charge in [0.2, 0.25) is 0 Å². The Morgan fingerprint density at radius 3 is 2.95 bits per heavy atom. The molecule has 1 heterocycles. The Labute approximate surface area is 128 Å². The number of ether oxygens (including phenoxy) is 1. The lowest BCUT2D eigenvalue weighted by Crippen LogP contribution is -2.39. The molecule has 1 aliphatic heterocycles. The predicted octanol–water partition coefficient (Wildman–Crippen LogP) is 0.549. The fourth-order valence-electron chi connectivity index (χ4n) is 2.25. The zero-order valence-corrected chi connectivity index (χ0v) is 12.8. The van der Waals surface area contributed by atoms with E-state index in [2.05, 4.69) is 10.0 Å². The van der Waals surface area contributed by atoms with Gasteiger partial charge < -0.3 is 10.1 Å². The van der Waals surface area contributed by atoms with Crippen LogP contribution in [0.5, 0.6) is 0 Å². The van der Waals surface area contributed by atoms with Crippen molar-refractivity contribution in [1.29, 1.82) is 0 Å². The Balaban J connectivity index is 2.20. The zero-order valence-electron chi connectivity index (χ0n) is 11.2. The van der Waals surface area contributed by atoms with E-state index in [1.54, 1.807) is 6.07 Å². The zero-order chi connectivity index (χ0) is 15.5. The van der Waals surface area contributed by atoms with E-state index < -0.39 is 22.1 Å². The lowest BCUT2D eigenvalue weighted by Gasteiger charge is -2.25. The third-order valence-corrected chi connectivity index (χ3v) is 4.09. The van der Waals surface area contributed by atoms with Crippen molar-refractivity contribution in [3.8, 4) is 0 Å². The van der Waals surface area contributed by atoms with Crippen molar-refractivity contribution in [3.05, 3.63) is 34.6 Å². The highest BCUT2D eigenvalue weighted by atomic mass is 35.5. The summed E-state index contributed by atoms with van der Waals surface area (Å²) in [6.07, 6.45) is -0.396. The largest absolute Gasteiger partial charge is 0.372 e. The highest BCUT2D eigenvalue weighted by molar-refractivity contribution is 7.87. The fraction of sp³-hybridized carbons (Fsp3) is 0.500. The molecule has 0 saturated carbocycles. The number of nitrogens with two attached hydrogens (primary N) is 1. The third-order valence-electron chi connectivity index (χ3n) is 3.23. The van der Waals surface area contributed by atoms with Crippen LogP contribution in [0.3, 0.4) is 0 Å². The van der Waals surface area contributed by atoms with Gasteiger partial charge in [0.1, 0.15) is 5.82 Å². The second kappa shape index (κ2) is 6.99. The second-order valence-electron chi connectivity index (χ2n) is 4.82. The first-order chi connectivity index (χ1) is 9.87. The normalized spacial score (nSPS) is 23.8. The van der Waals surface area contributed by atoms with Crippen molar-refractivity contribution >= 4 is 21.8 Å². The van der Waals surface area contributed by atoms with Gasteiger partial charge in [0.25, 0.3) is 10.2 Å². The Morgan fingerprint density at radius 1 is 1.52 bits per heavy atom. The molecule has 0 bridgehead atoms. The van der Waals surface area contributed by atoms with Crippen LogP contribution in [0.25, 0.3) is 0 Å².